The lowest BCUT2D eigenvalue weighted by molar-refractivity contribution is -0.384. The number of hydrogen-bond acceptors (Lipinski definition) is 3. The van der Waals surface area contributed by atoms with Gasteiger partial charge in [-0.25, -0.2) is 0 Å². The van der Waals surface area contributed by atoms with Gasteiger partial charge >= 0.3 is 0 Å². The molecule has 0 fully saturated rings. The van der Waals surface area contributed by atoms with Gasteiger partial charge in [-0.2, -0.15) is 0 Å². The third-order valence-corrected chi connectivity index (χ3v) is 5.14. The summed E-state index contributed by atoms with van der Waals surface area (Å²) in [6.07, 6.45) is 1.85. The molecule has 1 atom stereocenters. The lowest BCUT2D eigenvalue weighted by Gasteiger charge is -2.38. The molecule has 1 aliphatic heterocycles. The van der Waals surface area contributed by atoms with Gasteiger partial charge in [0.05, 0.1) is 10.5 Å². The molecule has 0 bridgehead atoms. The Morgan fingerprint density at radius 3 is 2.62 bits per heavy atom. The zero-order valence-corrected chi connectivity index (χ0v) is 13.5. The summed E-state index contributed by atoms with van der Waals surface area (Å²) in [5.74, 6) is 0. The topological polar surface area (TPSA) is 71.0 Å². The number of aromatic nitrogens is 1. The fourth-order valence-corrected chi connectivity index (χ4v) is 3.93. The predicted molar refractivity (Wildman–Crippen MR) is 94.2 cm³/mol. The fourth-order valence-electron chi connectivity index (χ4n) is 3.93. The van der Waals surface area contributed by atoms with Crippen molar-refractivity contribution in [3.05, 3.63) is 75.5 Å². The highest BCUT2D eigenvalue weighted by Crippen LogP contribution is 2.40. The average Bonchev–Trinajstić information content (AvgIpc) is 3.01. The van der Waals surface area contributed by atoms with E-state index in [-0.39, 0.29) is 16.1 Å². The maximum absolute atomic E-state index is 10.9. The number of nitro groups is 1. The van der Waals surface area contributed by atoms with Crippen molar-refractivity contribution in [2.75, 3.05) is 6.54 Å². The lowest BCUT2D eigenvalue weighted by Crippen LogP contribution is -2.47. The van der Waals surface area contributed by atoms with Crippen LogP contribution in [-0.4, -0.2) is 16.5 Å². The minimum absolute atomic E-state index is 0.123. The second-order valence-electron chi connectivity index (χ2n) is 6.26. The molecule has 1 unspecified atom stereocenters. The molecule has 1 aliphatic rings. The first kappa shape index (κ1) is 14.9. The summed E-state index contributed by atoms with van der Waals surface area (Å²) in [4.78, 5) is 14.2. The van der Waals surface area contributed by atoms with Crippen molar-refractivity contribution in [2.24, 2.45) is 0 Å². The van der Waals surface area contributed by atoms with Crippen molar-refractivity contribution < 1.29 is 4.92 Å². The molecule has 0 spiro atoms. The number of rotatable bonds is 3. The van der Waals surface area contributed by atoms with Crippen LogP contribution in [0.15, 0.2) is 48.5 Å². The Morgan fingerprint density at radius 1 is 1.17 bits per heavy atom. The first-order valence-corrected chi connectivity index (χ1v) is 8.26. The molecule has 5 heteroatoms. The number of non-ortho nitro benzene ring substituents is 1. The predicted octanol–water partition coefficient (Wildman–Crippen LogP) is 3.88. The Bertz CT molecular complexity index is 914. The molecule has 2 N–H and O–H groups in total. The number of aromatic amines is 1. The van der Waals surface area contributed by atoms with Gasteiger partial charge in [-0.05, 0) is 42.2 Å². The van der Waals surface area contributed by atoms with Crippen LogP contribution < -0.4 is 5.32 Å². The molecule has 3 aromatic rings. The maximum atomic E-state index is 10.9. The van der Waals surface area contributed by atoms with Gasteiger partial charge in [-0.1, -0.05) is 25.1 Å². The van der Waals surface area contributed by atoms with Gasteiger partial charge in [0.2, 0.25) is 0 Å². The summed E-state index contributed by atoms with van der Waals surface area (Å²) in [5.41, 5.74) is 4.53. The minimum Gasteiger partial charge on any atom is -0.356 e. The highest BCUT2D eigenvalue weighted by molar-refractivity contribution is 5.85. The summed E-state index contributed by atoms with van der Waals surface area (Å²) in [6.45, 7) is 3.04. The van der Waals surface area contributed by atoms with Crippen LogP contribution in [0.4, 0.5) is 5.69 Å². The largest absolute Gasteiger partial charge is 0.356 e. The summed E-state index contributed by atoms with van der Waals surface area (Å²) in [7, 11) is 0. The molecule has 4 rings (SSSR count). The number of nitrogens with zero attached hydrogens (tertiary/aromatic N) is 1. The van der Waals surface area contributed by atoms with Crippen LogP contribution in [0.25, 0.3) is 10.9 Å². The third-order valence-electron chi connectivity index (χ3n) is 5.14. The van der Waals surface area contributed by atoms with E-state index in [9.17, 15) is 10.1 Å². The molecular weight excluding hydrogens is 302 g/mol. The van der Waals surface area contributed by atoms with Crippen LogP contribution >= 0.6 is 0 Å². The van der Waals surface area contributed by atoms with Crippen molar-refractivity contribution in [3.8, 4) is 0 Å². The van der Waals surface area contributed by atoms with Crippen LogP contribution in [-0.2, 0) is 12.0 Å². The first-order chi connectivity index (χ1) is 11.7. The highest BCUT2D eigenvalue weighted by atomic mass is 16.6. The van der Waals surface area contributed by atoms with E-state index in [1.165, 1.54) is 16.6 Å². The second kappa shape index (κ2) is 5.46. The van der Waals surface area contributed by atoms with Crippen LogP contribution in [0.5, 0.6) is 0 Å². The van der Waals surface area contributed by atoms with Gasteiger partial charge in [-0.3, -0.25) is 10.1 Å². The number of hydrogen-bond donors (Lipinski definition) is 2. The molecule has 2 heterocycles. The minimum atomic E-state index is -0.356. The van der Waals surface area contributed by atoms with Crippen molar-refractivity contribution in [3.63, 3.8) is 0 Å². The first-order valence-electron chi connectivity index (χ1n) is 8.26. The Morgan fingerprint density at radius 2 is 1.92 bits per heavy atom. The van der Waals surface area contributed by atoms with E-state index < -0.39 is 0 Å². The summed E-state index contributed by atoms with van der Waals surface area (Å²) in [6, 6.07) is 15.3. The molecule has 0 radical (unpaired) electrons. The molecule has 122 valence electrons. The molecule has 2 aromatic carbocycles. The molecule has 0 aliphatic carbocycles. The summed E-state index contributed by atoms with van der Waals surface area (Å²) in [5, 5.41) is 15.9. The number of fused-ring (bicyclic) bond motifs is 3. The zero-order valence-electron chi connectivity index (χ0n) is 13.5. The lowest BCUT2D eigenvalue weighted by atomic mass is 9.79. The van der Waals surface area contributed by atoms with Crippen molar-refractivity contribution in [1.82, 2.24) is 10.3 Å². The van der Waals surface area contributed by atoms with E-state index in [0.717, 1.165) is 30.5 Å². The zero-order chi connectivity index (χ0) is 16.7. The average molecular weight is 321 g/mol. The van der Waals surface area contributed by atoms with Crippen LogP contribution in [0.2, 0.25) is 0 Å². The van der Waals surface area contributed by atoms with E-state index in [1.807, 2.05) is 18.2 Å². The molecule has 0 amide bonds. The number of nitrogens with one attached hydrogen (secondary N) is 2. The number of para-hydroxylation sites is 1. The standard InChI is InChI=1S/C19H19N3O2/c1-2-19(13-7-9-14(10-8-13)22(23)24)18-16(11-12-20-19)15-5-3-4-6-17(15)21-18/h3-10,20-21H,2,11-12H2,1H3. The second-order valence-corrected chi connectivity index (χ2v) is 6.26. The van der Waals surface area contributed by atoms with Crippen LogP contribution in [0.3, 0.4) is 0 Å². The van der Waals surface area contributed by atoms with Gasteiger partial charge in [0.15, 0.2) is 0 Å². The molecule has 5 nitrogen and oxygen atoms in total. The van der Waals surface area contributed by atoms with Crippen molar-refractivity contribution >= 4 is 16.6 Å². The molecule has 0 saturated heterocycles. The normalized spacial score (nSPS) is 20.0. The summed E-state index contributed by atoms with van der Waals surface area (Å²) >= 11 is 0. The van der Waals surface area contributed by atoms with Gasteiger partial charge in [-0.15, -0.1) is 0 Å². The van der Waals surface area contributed by atoms with Crippen molar-refractivity contribution in [2.45, 2.75) is 25.3 Å². The van der Waals surface area contributed by atoms with Crippen LogP contribution in [0.1, 0.15) is 30.2 Å². The van der Waals surface area contributed by atoms with Gasteiger partial charge < -0.3 is 10.3 Å². The van der Waals surface area contributed by atoms with Crippen LogP contribution in [0, 0.1) is 10.1 Å². The van der Waals surface area contributed by atoms with E-state index in [1.54, 1.807) is 12.1 Å². The van der Waals surface area contributed by atoms with Gasteiger partial charge in [0.25, 0.3) is 5.69 Å². The highest BCUT2D eigenvalue weighted by Gasteiger charge is 2.38. The summed E-state index contributed by atoms with van der Waals surface area (Å²) < 4.78 is 0. The Kier molecular flexibility index (Phi) is 3.39. The Labute approximate surface area is 139 Å². The van der Waals surface area contributed by atoms with Gasteiger partial charge in [0.1, 0.15) is 0 Å². The smallest absolute Gasteiger partial charge is 0.269 e. The number of nitro benzene ring substituents is 1. The molecule has 24 heavy (non-hydrogen) atoms. The van der Waals surface area contributed by atoms with Gasteiger partial charge in [0, 0.05) is 35.3 Å². The maximum Gasteiger partial charge on any atom is 0.269 e. The van der Waals surface area contributed by atoms with E-state index in [4.69, 9.17) is 0 Å². The molecule has 0 saturated carbocycles. The van der Waals surface area contributed by atoms with E-state index >= 15 is 0 Å². The number of H-pyrrole nitrogens is 1. The molecular formula is C19H19N3O2. The SMILES string of the molecule is CCC1(c2ccc([N+](=O)[O-])cc2)NCCc2c1[nH]c1ccccc21. The quantitative estimate of drug-likeness (QED) is 0.568. The molecule has 1 aromatic heterocycles. The third kappa shape index (κ3) is 2.05. The van der Waals surface area contributed by atoms with E-state index in [0.29, 0.717) is 0 Å². The monoisotopic (exact) mass is 321 g/mol. The van der Waals surface area contributed by atoms with Crippen molar-refractivity contribution in [1.29, 1.82) is 0 Å². The Hall–Kier alpha value is -2.66. The Balaban J connectivity index is 1.91. The van der Waals surface area contributed by atoms with E-state index in [2.05, 4.69) is 35.4 Å². The number of benzene rings is 2. The fraction of sp³-hybridized carbons (Fsp3) is 0.263.